The van der Waals surface area contributed by atoms with E-state index in [4.69, 9.17) is 12.3 Å². The highest BCUT2D eigenvalue weighted by molar-refractivity contribution is 6.09. The summed E-state index contributed by atoms with van der Waals surface area (Å²) in [7, 11) is 0. The number of fused-ring (bicyclic) bond motifs is 1. The number of amides is 1. The molecule has 1 saturated heterocycles. The van der Waals surface area contributed by atoms with Crippen molar-refractivity contribution in [3.05, 3.63) is 64.8 Å². The second kappa shape index (κ2) is 9.33. The maximum atomic E-state index is 13.4. The molecule has 0 radical (unpaired) electrons. The maximum absolute atomic E-state index is 13.4. The number of benzene rings is 1. The Balaban J connectivity index is 1.80. The van der Waals surface area contributed by atoms with E-state index in [1.165, 1.54) is 6.42 Å². The first-order valence-electron chi connectivity index (χ1n) is 11.0. The number of rotatable bonds is 7. The molecule has 32 heavy (non-hydrogen) atoms. The number of primary amides is 1. The van der Waals surface area contributed by atoms with E-state index in [-0.39, 0.29) is 18.1 Å². The summed E-state index contributed by atoms with van der Waals surface area (Å²) in [6.45, 7) is 11.4. The van der Waals surface area contributed by atoms with Crippen molar-refractivity contribution < 1.29 is 9.59 Å². The normalized spacial score (nSPS) is 14.4. The van der Waals surface area contributed by atoms with Gasteiger partial charge in [0.1, 0.15) is 0 Å². The van der Waals surface area contributed by atoms with E-state index in [2.05, 4.69) is 14.7 Å². The zero-order chi connectivity index (χ0) is 22.7. The highest BCUT2D eigenvalue weighted by Gasteiger charge is 2.24. The van der Waals surface area contributed by atoms with E-state index < -0.39 is 0 Å². The third kappa shape index (κ3) is 4.41. The molecule has 7 heteroatoms. The standard InChI is InChI=1S/C25H27N5O2/c1-17-24(22(31)16-29-12-4-3-5-13-29)25-21(14-18(15-28-25)6-11-23(26)32)30(17)20-9-7-19(27-2)8-10-20/h7-10,14-15H,3-6,11-13,16H2,1H3,(H2,26,32). The van der Waals surface area contributed by atoms with Crippen LogP contribution < -0.4 is 5.73 Å². The summed E-state index contributed by atoms with van der Waals surface area (Å²) in [5.41, 5.74) is 10.6. The molecule has 0 atom stereocenters. The molecular weight excluding hydrogens is 402 g/mol. The van der Waals surface area contributed by atoms with Gasteiger partial charge in [-0.1, -0.05) is 18.6 Å². The fourth-order valence-electron chi connectivity index (χ4n) is 4.47. The lowest BCUT2D eigenvalue weighted by Gasteiger charge is -2.25. The Kier molecular flexibility index (Phi) is 6.33. The van der Waals surface area contributed by atoms with Gasteiger partial charge in [0.05, 0.1) is 29.7 Å². The Morgan fingerprint density at radius 3 is 2.53 bits per heavy atom. The van der Waals surface area contributed by atoms with Gasteiger partial charge in [0, 0.05) is 24.0 Å². The molecule has 1 aromatic carbocycles. The Hall–Kier alpha value is -3.50. The number of carbonyl (C=O) groups is 2. The van der Waals surface area contributed by atoms with Crippen molar-refractivity contribution in [3.63, 3.8) is 0 Å². The van der Waals surface area contributed by atoms with Crippen LogP contribution in [0.1, 0.15) is 47.3 Å². The molecule has 1 fully saturated rings. The largest absolute Gasteiger partial charge is 0.370 e. The Morgan fingerprint density at radius 1 is 1.16 bits per heavy atom. The highest BCUT2D eigenvalue weighted by Crippen LogP contribution is 2.30. The summed E-state index contributed by atoms with van der Waals surface area (Å²) >= 11 is 0. The number of pyridine rings is 1. The zero-order valence-corrected chi connectivity index (χ0v) is 18.3. The smallest absolute Gasteiger partial charge is 0.217 e. The molecule has 7 nitrogen and oxygen atoms in total. The first kappa shape index (κ1) is 21.7. The molecular formula is C25H27N5O2. The number of piperidine rings is 1. The van der Waals surface area contributed by atoms with Crippen molar-refractivity contribution in [2.45, 2.75) is 39.0 Å². The lowest BCUT2D eigenvalue weighted by molar-refractivity contribution is -0.117. The average molecular weight is 430 g/mol. The van der Waals surface area contributed by atoms with Gasteiger partial charge < -0.3 is 10.3 Å². The van der Waals surface area contributed by atoms with Crippen molar-refractivity contribution in [2.24, 2.45) is 5.73 Å². The van der Waals surface area contributed by atoms with E-state index in [1.54, 1.807) is 18.3 Å². The van der Waals surface area contributed by atoms with E-state index in [0.29, 0.717) is 29.7 Å². The van der Waals surface area contributed by atoms with Crippen LogP contribution in [0.4, 0.5) is 5.69 Å². The summed E-state index contributed by atoms with van der Waals surface area (Å²) in [6.07, 6.45) is 5.95. The zero-order valence-electron chi connectivity index (χ0n) is 18.3. The van der Waals surface area contributed by atoms with Crippen LogP contribution in [0.2, 0.25) is 0 Å². The first-order valence-corrected chi connectivity index (χ1v) is 11.0. The third-order valence-electron chi connectivity index (χ3n) is 6.09. The fraction of sp³-hybridized carbons (Fsp3) is 0.360. The third-order valence-corrected chi connectivity index (χ3v) is 6.09. The van der Waals surface area contributed by atoms with Gasteiger partial charge in [0.2, 0.25) is 5.91 Å². The number of aryl methyl sites for hydroxylation is 1. The summed E-state index contributed by atoms with van der Waals surface area (Å²) < 4.78 is 2.02. The summed E-state index contributed by atoms with van der Waals surface area (Å²) in [4.78, 5) is 35.0. The summed E-state index contributed by atoms with van der Waals surface area (Å²) in [6, 6.07) is 9.29. The number of nitrogens with zero attached hydrogens (tertiary/aromatic N) is 4. The minimum Gasteiger partial charge on any atom is -0.370 e. The molecule has 1 aliphatic heterocycles. The van der Waals surface area contributed by atoms with Crippen molar-refractivity contribution >= 4 is 28.4 Å². The number of carbonyl (C=O) groups excluding carboxylic acids is 2. The van der Waals surface area contributed by atoms with Crippen molar-refractivity contribution in [2.75, 3.05) is 19.6 Å². The minimum absolute atomic E-state index is 0.0725. The van der Waals surface area contributed by atoms with Gasteiger partial charge in [-0.3, -0.25) is 19.5 Å². The Labute approximate surface area is 187 Å². The monoisotopic (exact) mass is 429 g/mol. The molecule has 0 spiro atoms. The Bertz CT molecular complexity index is 1200. The molecule has 164 valence electrons. The number of hydrogen-bond donors (Lipinski definition) is 1. The van der Waals surface area contributed by atoms with E-state index in [1.807, 2.05) is 29.7 Å². The quantitative estimate of drug-likeness (QED) is 0.455. The fourth-order valence-corrected chi connectivity index (χ4v) is 4.47. The van der Waals surface area contributed by atoms with Gasteiger partial charge >= 0.3 is 0 Å². The molecule has 3 aromatic rings. The van der Waals surface area contributed by atoms with Gasteiger partial charge in [-0.2, -0.15) is 0 Å². The van der Waals surface area contributed by atoms with Crippen molar-refractivity contribution in [1.82, 2.24) is 14.5 Å². The molecule has 1 aliphatic rings. The number of nitrogens with two attached hydrogens (primary N) is 1. The molecule has 0 aliphatic carbocycles. The summed E-state index contributed by atoms with van der Waals surface area (Å²) in [5.74, 6) is -0.285. The van der Waals surface area contributed by atoms with E-state index >= 15 is 0 Å². The second-order valence-corrected chi connectivity index (χ2v) is 8.36. The van der Waals surface area contributed by atoms with E-state index in [9.17, 15) is 9.59 Å². The molecule has 4 rings (SSSR count). The molecule has 2 aromatic heterocycles. The number of aromatic nitrogens is 2. The molecule has 0 bridgehead atoms. The summed E-state index contributed by atoms with van der Waals surface area (Å²) in [5, 5.41) is 0. The van der Waals surface area contributed by atoms with Crippen molar-refractivity contribution in [3.8, 4) is 5.69 Å². The predicted molar refractivity (Wildman–Crippen MR) is 124 cm³/mol. The number of hydrogen-bond acceptors (Lipinski definition) is 4. The maximum Gasteiger partial charge on any atom is 0.217 e. The molecule has 2 N–H and O–H groups in total. The van der Waals surface area contributed by atoms with Gasteiger partial charge in [0.25, 0.3) is 0 Å². The highest BCUT2D eigenvalue weighted by atomic mass is 16.1. The van der Waals surface area contributed by atoms with Gasteiger partial charge in [-0.15, -0.1) is 0 Å². The van der Waals surface area contributed by atoms with Crippen LogP contribution in [0.3, 0.4) is 0 Å². The molecule has 0 unspecified atom stereocenters. The average Bonchev–Trinajstić information content (AvgIpc) is 3.09. The predicted octanol–water partition coefficient (Wildman–Crippen LogP) is 3.97. The van der Waals surface area contributed by atoms with Crippen LogP contribution in [0.5, 0.6) is 0 Å². The number of ketones is 1. The van der Waals surface area contributed by atoms with Crippen LogP contribution >= 0.6 is 0 Å². The van der Waals surface area contributed by atoms with Gasteiger partial charge in [0.15, 0.2) is 11.5 Å². The van der Waals surface area contributed by atoms with Crippen LogP contribution in [-0.4, -0.2) is 45.8 Å². The lowest BCUT2D eigenvalue weighted by atomic mass is 10.1. The van der Waals surface area contributed by atoms with Gasteiger partial charge in [-0.05, 0) is 63.0 Å². The SMILES string of the molecule is [C-]#[N+]c1ccc(-n2c(C)c(C(=O)CN3CCCCC3)c3ncc(CCC(N)=O)cc32)cc1. The van der Waals surface area contributed by atoms with Crippen LogP contribution in [0.15, 0.2) is 36.5 Å². The molecule has 1 amide bonds. The second-order valence-electron chi connectivity index (χ2n) is 8.36. The Morgan fingerprint density at radius 2 is 1.88 bits per heavy atom. The lowest BCUT2D eigenvalue weighted by Crippen LogP contribution is -2.34. The van der Waals surface area contributed by atoms with Crippen LogP contribution in [0, 0.1) is 13.5 Å². The topological polar surface area (TPSA) is 85.6 Å². The first-order chi connectivity index (χ1) is 15.5. The number of Topliss-reactive ketones (excluding diaryl/α,β-unsaturated/α-hetero) is 1. The minimum atomic E-state index is -0.358. The van der Waals surface area contributed by atoms with Crippen LogP contribution in [0.25, 0.3) is 21.6 Å². The molecule has 3 heterocycles. The number of likely N-dealkylation sites (tertiary alicyclic amines) is 1. The van der Waals surface area contributed by atoms with Crippen molar-refractivity contribution in [1.29, 1.82) is 0 Å². The molecule has 0 saturated carbocycles. The van der Waals surface area contributed by atoms with Crippen LogP contribution in [-0.2, 0) is 11.2 Å². The van der Waals surface area contributed by atoms with Gasteiger partial charge in [-0.25, -0.2) is 4.85 Å². The van der Waals surface area contributed by atoms with E-state index in [0.717, 1.165) is 48.4 Å².